The van der Waals surface area contributed by atoms with Gasteiger partial charge in [-0.1, -0.05) is 12.1 Å². The molecule has 0 aliphatic carbocycles. The van der Waals surface area contributed by atoms with E-state index in [1.807, 2.05) is 0 Å². The molecule has 0 unspecified atom stereocenters. The number of halogens is 1. The van der Waals surface area contributed by atoms with Crippen LogP contribution in [-0.4, -0.2) is 29.3 Å². The fourth-order valence-electron chi connectivity index (χ4n) is 2.91. The summed E-state index contributed by atoms with van der Waals surface area (Å²) in [5.41, 5.74) is 1.27. The normalized spacial score (nSPS) is 17.5. The Morgan fingerprint density at radius 2 is 2.00 bits per heavy atom. The van der Waals surface area contributed by atoms with Crippen molar-refractivity contribution >= 4 is 11.8 Å². The number of likely N-dealkylation sites (tertiary alicyclic amines) is 1. The van der Waals surface area contributed by atoms with Crippen molar-refractivity contribution in [1.29, 1.82) is 0 Å². The Bertz CT molecular complexity index is 698. The van der Waals surface area contributed by atoms with Crippen molar-refractivity contribution < 1.29 is 18.4 Å². The predicted molar refractivity (Wildman–Crippen MR) is 85.6 cm³/mol. The Hall–Kier alpha value is -2.63. The maximum Gasteiger partial charge on any atom is 0.257 e. The minimum Gasteiger partial charge on any atom is -0.472 e. The molecule has 1 N–H and O–H groups in total. The van der Waals surface area contributed by atoms with Crippen molar-refractivity contribution in [2.75, 3.05) is 6.54 Å². The van der Waals surface area contributed by atoms with Crippen LogP contribution in [0.5, 0.6) is 0 Å². The van der Waals surface area contributed by atoms with Gasteiger partial charge >= 0.3 is 0 Å². The number of piperidine rings is 1. The summed E-state index contributed by atoms with van der Waals surface area (Å²) in [5, 5.41) is 2.84. The molecule has 0 bridgehead atoms. The highest BCUT2D eigenvalue weighted by atomic mass is 19.1. The zero-order valence-corrected chi connectivity index (χ0v) is 13.2. The summed E-state index contributed by atoms with van der Waals surface area (Å²) in [6.07, 6.45) is 5.26. The number of nitrogens with zero attached hydrogens (tertiary/aromatic N) is 1. The van der Waals surface area contributed by atoms with Crippen molar-refractivity contribution in [3.05, 3.63) is 59.8 Å². The molecule has 6 heteroatoms. The molecule has 5 nitrogen and oxygen atoms in total. The minimum atomic E-state index is -0.485. The van der Waals surface area contributed by atoms with E-state index in [4.69, 9.17) is 4.42 Å². The van der Waals surface area contributed by atoms with E-state index in [2.05, 4.69) is 5.32 Å². The van der Waals surface area contributed by atoms with Gasteiger partial charge < -0.3 is 14.6 Å². The van der Waals surface area contributed by atoms with Gasteiger partial charge in [0, 0.05) is 13.1 Å². The van der Waals surface area contributed by atoms with Gasteiger partial charge in [0.1, 0.15) is 18.1 Å². The molecule has 3 rings (SSSR count). The molecule has 1 saturated heterocycles. The minimum absolute atomic E-state index is 0.184. The molecule has 1 aromatic carbocycles. The number of carbonyl (C=O) groups excluding carboxylic acids is 2. The third-order valence-corrected chi connectivity index (χ3v) is 4.21. The van der Waals surface area contributed by atoms with Crippen molar-refractivity contribution in [3.63, 3.8) is 0 Å². The second kappa shape index (κ2) is 7.29. The van der Waals surface area contributed by atoms with Gasteiger partial charge in [-0.2, -0.15) is 0 Å². The maximum atomic E-state index is 12.9. The van der Waals surface area contributed by atoms with E-state index in [1.165, 1.54) is 24.7 Å². The summed E-state index contributed by atoms with van der Waals surface area (Å²) < 4.78 is 17.9. The number of furan rings is 1. The monoisotopic (exact) mass is 330 g/mol. The molecular formula is C18H19FN2O3. The Labute approximate surface area is 139 Å². The first-order valence-electron chi connectivity index (χ1n) is 8.00. The number of nitrogens with one attached hydrogen (secondary N) is 1. The predicted octanol–water partition coefficient (Wildman–Crippen LogP) is 2.73. The van der Waals surface area contributed by atoms with E-state index in [1.54, 1.807) is 23.1 Å². The van der Waals surface area contributed by atoms with Crippen molar-refractivity contribution in [2.24, 2.45) is 0 Å². The zero-order chi connectivity index (χ0) is 16.9. The first-order chi connectivity index (χ1) is 11.6. The molecule has 0 radical (unpaired) electrons. The first-order valence-corrected chi connectivity index (χ1v) is 8.00. The van der Waals surface area contributed by atoms with Crippen LogP contribution in [0.15, 0.2) is 47.3 Å². The lowest BCUT2D eigenvalue weighted by molar-refractivity contribution is -0.126. The molecule has 2 aromatic rings. The maximum absolute atomic E-state index is 12.9. The molecule has 0 saturated carbocycles. The van der Waals surface area contributed by atoms with Crippen LogP contribution in [0.2, 0.25) is 0 Å². The molecule has 1 aliphatic heterocycles. The van der Waals surface area contributed by atoms with E-state index in [9.17, 15) is 14.0 Å². The first kappa shape index (κ1) is 16.2. The van der Waals surface area contributed by atoms with Gasteiger partial charge in [0.15, 0.2) is 0 Å². The standard InChI is InChI=1S/C18H19FN2O3/c19-15-6-4-13(5-7-15)11-20-17(22)16-3-1-2-9-21(16)18(23)14-8-10-24-12-14/h4-8,10,12,16H,1-3,9,11H2,(H,20,22)/t16-/m1/s1. The summed E-state index contributed by atoms with van der Waals surface area (Å²) in [6.45, 7) is 0.863. The van der Waals surface area contributed by atoms with Crippen LogP contribution in [0.25, 0.3) is 0 Å². The lowest BCUT2D eigenvalue weighted by Crippen LogP contribution is -2.51. The Balaban J connectivity index is 1.65. The van der Waals surface area contributed by atoms with Gasteiger partial charge in [-0.3, -0.25) is 9.59 Å². The van der Waals surface area contributed by atoms with Gasteiger partial charge in [0.2, 0.25) is 5.91 Å². The fourth-order valence-corrected chi connectivity index (χ4v) is 2.91. The lowest BCUT2D eigenvalue weighted by atomic mass is 10.0. The average Bonchev–Trinajstić information content (AvgIpc) is 3.15. The summed E-state index contributed by atoms with van der Waals surface area (Å²) in [6, 6.07) is 7.09. The number of rotatable bonds is 4. The highest BCUT2D eigenvalue weighted by molar-refractivity contribution is 5.97. The average molecular weight is 330 g/mol. The van der Waals surface area contributed by atoms with Crippen molar-refractivity contribution in [2.45, 2.75) is 31.8 Å². The molecule has 1 aromatic heterocycles. The fraction of sp³-hybridized carbons (Fsp3) is 0.333. The summed E-state index contributed by atoms with van der Waals surface area (Å²) >= 11 is 0. The molecule has 2 heterocycles. The Kier molecular flexibility index (Phi) is 4.93. The Morgan fingerprint density at radius 3 is 2.71 bits per heavy atom. The number of carbonyl (C=O) groups is 2. The van der Waals surface area contributed by atoms with Crippen LogP contribution in [0.3, 0.4) is 0 Å². The number of hydrogen-bond donors (Lipinski definition) is 1. The highest BCUT2D eigenvalue weighted by Crippen LogP contribution is 2.20. The van der Waals surface area contributed by atoms with E-state index in [0.29, 0.717) is 25.1 Å². The third-order valence-electron chi connectivity index (χ3n) is 4.21. The van der Waals surface area contributed by atoms with Gasteiger partial charge in [-0.15, -0.1) is 0 Å². The number of hydrogen-bond acceptors (Lipinski definition) is 3. The van der Waals surface area contributed by atoms with Gasteiger partial charge in [0.25, 0.3) is 5.91 Å². The third kappa shape index (κ3) is 3.64. The van der Waals surface area contributed by atoms with Crippen LogP contribution in [-0.2, 0) is 11.3 Å². The molecule has 1 fully saturated rings. The zero-order valence-electron chi connectivity index (χ0n) is 13.2. The molecular weight excluding hydrogens is 311 g/mol. The summed E-state index contributed by atoms with van der Waals surface area (Å²) in [5.74, 6) is -0.685. The topological polar surface area (TPSA) is 62.6 Å². The van der Waals surface area contributed by atoms with Crippen molar-refractivity contribution in [3.8, 4) is 0 Å². The molecule has 0 spiro atoms. The van der Waals surface area contributed by atoms with E-state index >= 15 is 0 Å². The van der Waals surface area contributed by atoms with Crippen LogP contribution in [0.4, 0.5) is 4.39 Å². The molecule has 126 valence electrons. The molecule has 1 atom stereocenters. The molecule has 24 heavy (non-hydrogen) atoms. The Morgan fingerprint density at radius 1 is 1.21 bits per heavy atom. The quantitative estimate of drug-likeness (QED) is 0.937. The van der Waals surface area contributed by atoms with Crippen LogP contribution in [0, 0.1) is 5.82 Å². The van der Waals surface area contributed by atoms with Crippen molar-refractivity contribution in [1.82, 2.24) is 10.2 Å². The van der Waals surface area contributed by atoms with E-state index < -0.39 is 6.04 Å². The van der Waals surface area contributed by atoms with Crippen LogP contribution in [0.1, 0.15) is 35.2 Å². The molecule has 1 aliphatic rings. The second-order valence-electron chi connectivity index (χ2n) is 5.87. The number of amides is 2. The number of benzene rings is 1. The van der Waals surface area contributed by atoms with Gasteiger partial charge in [0.05, 0.1) is 11.8 Å². The SMILES string of the molecule is O=C(NCc1ccc(F)cc1)[C@H]1CCCCN1C(=O)c1ccoc1. The van der Waals surface area contributed by atoms with Gasteiger partial charge in [-0.05, 0) is 43.0 Å². The van der Waals surface area contributed by atoms with Crippen LogP contribution >= 0.6 is 0 Å². The smallest absolute Gasteiger partial charge is 0.257 e. The molecule has 2 amide bonds. The largest absolute Gasteiger partial charge is 0.472 e. The highest BCUT2D eigenvalue weighted by Gasteiger charge is 2.32. The van der Waals surface area contributed by atoms with E-state index in [-0.39, 0.29) is 17.6 Å². The second-order valence-corrected chi connectivity index (χ2v) is 5.87. The lowest BCUT2D eigenvalue weighted by Gasteiger charge is -2.34. The summed E-state index contributed by atoms with van der Waals surface area (Å²) in [7, 11) is 0. The van der Waals surface area contributed by atoms with E-state index in [0.717, 1.165) is 18.4 Å². The summed E-state index contributed by atoms with van der Waals surface area (Å²) in [4.78, 5) is 26.7. The van der Waals surface area contributed by atoms with Gasteiger partial charge in [-0.25, -0.2) is 4.39 Å². The van der Waals surface area contributed by atoms with Crippen LogP contribution < -0.4 is 5.32 Å².